The number of hydrogen-bond acceptors (Lipinski definition) is 4. The number of rotatable bonds is 7. The van der Waals surface area contributed by atoms with E-state index in [-0.39, 0.29) is 29.9 Å². The molecule has 0 saturated heterocycles. The zero-order valence-electron chi connectivity index (χ0n) is 13.6. The molecule has 0 radical (unpaired) electrons. The molecule has 7 nitrogen and oxygen atoms in total. The molecule has 0 saturated carbocycles. The Morgan fingerprint density at radius 2 is 1.96 bits per heavy atom. The van der Waals surface area contributed by atoms with E-state index in [4.69, 9.17) is 16.0 Å². The summed E-state index contributed by atoms with van der Waals surface area (Å²) >= 11 is 6.05. The van der Waals surface area contributed by atoms with E-state index in [9.17, 15) is 14.4 Å². The van der Waals surface area contributed by atoms with Crippen molar-refractivity contribution < 1.29 is 18.8 Å². The van der Waals surface area contributed by atoms with E-state index in [0.29, 0.717) is 29.4 Å². The van der Waals surface area contributed by atoms with Crippen LogP contribution in [-0.4, -0.2) is 24.3 Å². The van der Waals surface area contributed by atoms with Crippen LogP contribution in [-0.2, 0) is 9.59 Å². The quantitative estimate of drug-likeness (QED) is 0.658. The number of nitrogens with one attached hydrogen (secondary N) is 3. The van der Waals surface area contributed by atoms with Crippen LogP contribution in [0.2, 0.25) is 5.02 Å². The van der Waals surface area contributed by atoms with Crippen molar-refractivity contribution in [3.63, 3.8) is 0 Å². The van der Waals surface area contributed by atoms with Crippen LogP contribution in [0.15, 0.2) is 41.0 Å². The van der Waals surface area contributed by atoms with Gasteiger partial charge in [0.05, 0.1) is 17.0 Å². The van der Waals surface area contributed by atoms with Gasteiger partial charge in [-0.3, -0.25) is 14.4 Å². The summed E-state index contributed by atoms with van der Waals surface area (Å²) in [7, 11) is 0. The molecule has 8 heteroatoms. The molecule has 0 atom stereocenters. The smallest absolute Gasteiger partial charge is 0.286 e. The topological polar surface area (TPSA) is 100 Å². The molecule has 0 spiro atoms. The molecule has 0 fully saturated rings. The summed E-state index contributed by atoms with van der Waals surface area (Å²) in [4.78, 5) is 34.6. The second kappa shape index (κ2) is 8.89. The minimum Gasteiger partial charge on any atom is -0.459 e. The van der Waals surface area contributed by atoms with Gasteiger partial charge in [0.2, 0.25) is 11.8 Å². The fourth-order valence-corrected chi connectivity index (χ4v) is 2.28. The number of carbonyl (C=O) groups is 3. The van der Waals surface area contributed by atoms with Crippen LogP contribution in [0.5, 0.6) is 0 Å². The average molecular weight is 364 g/mol. The van der Waals surface area contributed by atoms with Gasteiger partial charge in [0.15, 0.2) is 5.76 Å². The van der Waals surface area contributed by atoms with Crippen LogP contribution in [0.25, 0.3) is 0 Å². The maximum absolute atomic E-state index is 11.9. The van der Waals surface area contributed by atoms with E-state index in [2.05, 4.69) is 16.0 Å². The number of anilines is 2. The Kier molecular flexibility index (Phi) is 6.59. The zero-order chi connectivity index (χ0) is 18.2. The van der Waals surface area contributed by atoms with E-state index in [0.717, 1.165) is 0 Å². The molecule has 0 aliphatic carbocycles. The Balaban J connectivity index is 1.74. The molecule has 0 aliphatic rings. The van der Waals surface area contributed by atoms with E-state index in [1.54, 1.807) is 30.3 Å². The lowest BCUT2D eigenvalue weighted by molar-refractivity contribution is -0.116. The first kappa shape index (κ1) is 18.5. The highest BCUT2D eigenvalue weighted by Crippen LogP contribution is 2.25. The van der Waals surface area contributed by atoms with Gasteiger partial charge in [0.1, 0.15) is 0 Å². The van der Waals surface area contributed by atoms with Crippen LogP contribution in [0.3, 0.4) is 0 Å². The van der Waals surface area contributed by atoms with Crippen LogP contribution in [0.1, 0.15) is 30.3 Å². The van der Waals surface area contributed by atoms with Crippen LogP contribution in [0, 0.1) is 0 Å². The lowest BCUT2D eigenvalue weighted by Gasteiger charge is -2.09. The van der Waals surface area contributed by atoms with Crippen LogP contribution < -0.4 is 16.0 Å². The second-order valence-electron chi connectivity index (χ2n) is 5.26. The van der Waals surface area contributed by atoms with Gasteiger partial charge in [-0.05, 0) is 36.8 Å². The lowest BCUT2D eigenvalue weighted by Crippen LogP contribution is -2.25. The monoisotopic (exact) mass is 363 g/mol. The predicted molar refractivity (Wildman–Crippen MR) is 94.7 cm³/mol. The first-order chi connectivity index (χ1) is 12.0. The van der Waals surface area contributed by atoms with Gasteiger partial charge < -0.3 is 20.4 Å². The normalized spacial score (nSPS) is 10.2. The molecule has 2 aromatic rings. The molecular weight excluding hydrogens is 346 g/mol. The van der Waals surface area contributed by atoms with Gasteiger partial charge in [0, 0.05) is 25.6 Å². The summed E-state index contributed by atoms with van der Waals surface area (Å²) < 4.78 is 4.97. The third kappa shape index (κ3) is 5.96. The fourth-order valence-electron chi connectivity index (χ4n) is 2.05. The fraction of sp³-hybridized carbons (Fsp3) is 0.235. The minimum atomic E-state index is -0.314. The first-order valence-corrected chi connectivity index (χ1v) is 8.02. The minimum absolute atomic E-state index is 0.199. The Bertz CT molecular complexity index is 759. The highest BCUT2D eigenvalue weighted by Gasteiger charge is 2.09. The Morgan fingerprint density at radius 1 is 1.16 bits per heavy atom. The Hall–Kier alpha value is -2.80. The maximum Gasteiger partial charge on any atom is 0.286 e. The molecule has 1 aromatic carbocycles. The van der Waals surface area contributed by atoms with E-state index < -0.39 is 0 Å². The van der Waals surface area contributed by atoms with Crippen molar-refractivity contribution in [3.8, 4) is 0 Å². The summed E-state index contributed by atoms with van der Waals surface area (Å²) in [6.45, 7) is 1.74. The largest absolute Gasteiger partial charge is 0.459 e. The van der Waals surface area contributed by atoms with Crippen molar-refractivity contribution in [1.29, 1.82) is 0 Å². The van der Waals surface area contributed by atoms with Gasteiger partial charge in [-0.1, -0.05) is 11.6 Å². The summed E-state index contributed by atoms with van der Waals surface area (Å²) in [5.41, 5.74) is 1.01. The number of benzene rings is 1. The van der Waals surface area contributed by atoms with Crippen molar-refractivity contribution >= 4 is 40.7 Å². The SMILES string of the molecule is CC(=O)Nc1ccc(NC(=O)CCCNC(=O)c2ccco2)cc1Cl. The molecule has 2 rings (SSSR count). The van der Waals surface area contributed by atoms with Crippen molar-refractivity contribution in [2.24, 2.45) is 0 Å². The van der Waals surface area contributed by atoms with E-state index >= 15 is 0 Å². The summed E-state index contributed by atoms with van der Waals surface area (Å²) in [5, 5.41) is 8.30. The number of hydrogen-bond donors (Lipinski definition) is 3. The number of furan rings is 1. The summed E-state index contributed by atoms with van der Waals surface area (Å²) in [6.07, 6.45) is 2.14. The van der Waals surface area contributed by atoms with E-state index in [1.165, 1.54) is 13.2 Å². The summed E-state index contributed by atoms with van der Waals surface area (Å²) in [6, 6.07) is 8.02. The van der Waals surface area contributed by atoms with Crippen molar-refractivity contribution in [2.75, 3.05) is 17.2 Å². The number of amides is 3. The van der Waals surface area contributed by atoms with Crippen LogP contribution >= 0.6 is 11.6 Å². The molecular formula is C17H18ClN3O4. The third-order valence-corrected chi connectivity index (χ3v) is 3.49. The molecule has 0 aliphatic heterocycles. The highest BCUT2D eigenvalue weighted by atomic mass is 35.5. The molecule has 132 valence electrons. The highest BCUT2D eigenvalue weighted by molar-refractivity contribution is 6.34. The molecule has 1 heterocycles. The zero-order valence-corrected chi connectivity index (χ0v) is 14.4. The molecule has 1 aromatic heterocycles. The molecule has 0 bridgehead atoms. The second-order valence-corrected chi connectivity index (χ2v) is 5.67. The van der Waals surface area contributed by atoms with Gasteiger partial charge >= 0.3 is 0 Å². The predicted octanol–water partition coefficient (Wildman–Crippen LogP) is 3.04. The van der Waals surface area contributed by atoms with Crippen molar-refractivity contribution in [1.82, 2.24) is 5.32 Å². The first-order valence-electron chi connectivity index (χ1n) is 7.64. The molecule has 0 unspecified atom stereocenters. The molecule has 25 heavy (non-hydrogen) atoms. The van der Waals surface area contributed by atoms with Crippen molar-refractivity contribution in [3.05, 3.63) is 47.4 Å². The Morgan fingerprint density at radius 3 is 2.60 bits per heavy atom. The maximum atomic E-state index is 11.9. The van der Waals surface area contributed by atoms with Crippen molar-refractivity contribution in [2.45, 2.75) is 19.8 Å². The van der Waals surface area contributed by atoms with Gasteiger partial charge in [-0.2, -0.15) is 0 Å². The molecule has 3 N–H and O–H groups in total. The van der Waals surface area contributed by atoms with Gasteiger partial charge in [-0.25, -0.2) is 0 Å². The van der Waals surface area contributed by atoms with Crippen LogP contribution in [0.4, 0.5) is 11.4 Å². The molecule has 3 amide bonds. The van der Waals surface area contributed by atoms with Gasteiger partial charge in [0.25, 0.3) is 5.91 Å². The van der Waals surface area contributed by atoms with Gasteiger partial charge in [-0.15, -0.1) is 0 Å². The third-order valence-electron chi connectivity index (χ3n) is 3.17. The van der Waals surface area contributed by atoms with E-state index in [1.807, 2.05) is 0 Å². The average Bonchev–Trinajstić information content (AvgIpc) is 3.08. The standard InChI is InChI=1S/C17H18ClN3O4/c1-11(22)20-14-7-6-12(10-13(14)18)21-16(23)5-2-8-19-17(24)15-4-3-9-25-15/h3-4,6-7,9-10H,2,5,8H2,1H3,(H,19,24)(H,20,22)(H,21,23). The Labute approximate surface area is 149 Å². The lowest BCUT2D eigenvalue weighted by atomic mass is 10.2. The number of halogens is 1. The number of carbonyl (C=O) groups excluding carboxylic acids is 3. The summed E-state index contributed by atoms with van der Waals surface area (Å²) in [5.74, 6) is -0.505.